The van der Waals surface area contributed by atoms with Crippen LogP contribution in [0.2, 0.25) is 0 Å². The highest BCUT2D eigenvalue weighted by atomic mass is 127. The molecule has 1 aromatic carbocycles. The van der Waals surface area contributed by atoms with Gasteiger partial charge in [0.2, 0.25) is 0 Å². The van der Waals surface area contributed by atoms with Crippen molar-refractivity contribution in [3.05, 3.63) is 21.3 Å². The Morgan fingerprint density at radius 2 is 1.77 bits per heavy atom. The predicted octanol–water partition coefficient (Wildman–Crippen LogP) is 3.80. The molecule has 1 heterocycles. The molecule has 1 aromatic rings. The lowest BCUT2D eigenvalue weighted by Gasteiger charge is -2.34. The number of unbranched alkanes of at least 4 members (excludes halogenated alkanes) is 1. The quantitative estimate of drug-likeness (QED) is 0.460. The molecule has 0 saturated carbocycles. The summed E-state index contributed by atoms with van der Waals surface area (Å²) in [5.74, 6) is 2.75. The SMILES string of the molecule is COc1cc(I)c(C(=O)NCCCCN2CC(C)CC(C)C2)cc1OC. The molecule has 2 unspecified atom stereocenters. The zero-order valence-corrected chi connectivity index (χ0v) is 18.5. The van der Waals surface area contributed by atoms with Gasteiger partial charge >= 0.3 is 0 Å². The molecule has 0 radical (unpaired) electrons. The first-order chi connectivity index (χ1) is 12.4. The monoisotopic (exact) mass is 474 g/mol. The number of benzene rings is 1. The fourth-order valence-corrected chi connectivity index (χ4v) is 4.44. The van der Waals surface area contributed by atoms with E-state index < -0.39 is 0 Å². The number of halogens is 1. The van der Waals surface area contributed by atoms with Crippen LogP contribution in [0.15, 0.2) is 12.1 Å². The molecular weight excluding hydrogens is 443 g/mol. The molecular formula is C20H31IN2O3. The topological polar surface area (TPSA) is 50.8 Å². The van der Waals surface area contributed by atoms with Gasteiger partial charge in [0.1, 0.15) is 0 Å². The Hall–Kier alpha value is -1.02. The number of piperidine rings is 1. The van der Waals surface area contributed by atoms with Gasteiger partial charge in [-0.3, -0.25) is 4.79 Å². The highest BCUT2D eigenvalue weighted by Crippen LogP contribution is 2.31. The second-order valence-electron chi connectivity index (χ2n) is 7.36. The summed E-state index contributed by atoms with van der Waals surface area (Å²) < 4.78 is 11.4. The molecule has 6 heteroatoms. The van der Waals surface area contributed by atoms with Crippen molar-refractivity contribution in [3.63, 3.8) is 0 Å². The van der Waals surface area contributed by atoms with Gasteiger partial charge in [0.05, 0.1) is 19.8 Å². The average molecular weight is 474 g/mol. The number of carbonyl (C=O) groups is 1. The Balaban J connectivity index is 1.77. The molecule has 0 aliphatic carbocycles. The minimum atomic E-state index is -0.0597. The van der Waals surface area contributed by atoms with Crippen molar-refractivity contribution in [3.8, 4) is 11.5 Å². The molecule has 5 nitrogen and oxygen atoms in total. The third-order valence-electron chi connectivity index (χ3n) is 4.85. The molecule has 1 amide bonds. The molecule has 1 aliphatic rings. The Morgan fingerprint density at radius 3 is 2.38 bits per heavy atom. The van der Waals surface area contributed by atoms with Crippen LogP contribution < -0.4 is 14.8 Å². The van der Waals surface area contributed by atoms with E-state index in [0.717, 1.165) is 34.8 Å². The van der Waals surface area contributed by atoms with Crippen LogP contribution in [-0.2, 0) is 0 Å². The van der Waals surface area contributed by atoms with E-state index in [1.165, 1.54) is 19.5 Å². The Labute approximate surface area is 170 Å². The molecule has 26 heavy (non-hydrogen) atoms. The van der Waals surface area contributed by atoms with Crippen molar-refractivity contribution in [1.29, 1.82) is 0 Å². The van der Waals surface area contributed by atoms with Gasteiger partial charge in [-0.1, -0.05) is 13.8 Å². The van der Waals surface area contributed by atoms with Crippen LogP contribution in [0.5, 0.6) is 11.5 Å². The van der Waals surface area contributed by atoms with E-state index in [1.807, 2.05) is 6.07 Å². The minimum absolute atomic E-state index is 0.0597. The zero-order chi connectivity index (χ0) is 19.1. The normalized spacial score (nSPS) is 20.7. The van der Waals surface area contributed by atoms with E-state index in [-0.39, 0.29) is 5.91 Å². The van der Waals surface area contributed by atoms with Gasteiger partial charge in [0, 0.05) is 23.2 Å². The Kier molecular flexibility index (Phi) is 8.47. The highest BCUT2D eigenvalue weighted by molar-refractivity contribution is 14.1. The highest BCUT2D eigenvalue weighted by Gasteiger charge is 2.21. The number of rotatable bonds is 8. The molecule has 2 atom stereocenters. The summed E-state index contributed by atoms with van der Waals surface area (Å²) in [6.07, 6.45) is 3.45. The number of amides is 1. The molecule has 1 saturated heterocycles. The van der Waals surface area contributed by atoms with Crippen LogP contribution in [0.1, 0.15) is 43.5 Å². The summed E-state index contributed by atoms with van der Waals surface area (Å²) in [6, 6.07) is 3.57. The third kappa shape index (κ3) is 6.01. The summed E-state index contributed by atoms with van der Waals surface area (Å²) in [7, 11) is 3.17. The van der Waals surface area contributed by atoms with Gasteiger partial charge < -0.3 is 19.7 Å². The van der Waals surface area contributed by atoms with Gasteiger partial charge in [-0.05, 0) is 72.4 Å². The first kappa shape index (κ1) is 21.3. The average Bonchev–Trinajstić information content (AvgIpc) is 2.60. The predicted molar refractivity (Wildman–Crippen MR) is 113 cm³/mol. The van der Waals surface area contributed by atoms with E-state index in [1.54, 1.807) is 20.3 Å². The number of likely N-dealkylation sites (tertiary alicyclic amines) is 1. The van der Waals surface area contributed by atoms with Crippen molar-refractivity contribution in [1.82, 2.24) is 10.2 Å². The summed E-state index contributed by atoms with van der Waals surface area (Å²) >= 11 is 2.16. The summed E-state index contributed by atoms with van der Waals surface area (Å²) in [5, 5.41) is 3.03. The van der Waals surface area contributed by atoms with Crippen molar-refractivity contribution in [2.45, 2.75) is 33.1 Å². The van der Waals surface area contributed by atoms with Gasteiger partial charge in [-0.2, -0.15) is 0 Å². The Morgan fingerprint density at radius 1 is 1.15 bits per heavy atom. The fourth-order valence-electron chi connectivity index (χ4n) is 3.76. The molecule has 0 aromatic heterocycles. The summed E-state index contributed by atoms with van der Waals surface area (Å²) in [5.41, 5.74) is 0.627. The lowest BCUT2D eigenvalue weighted by atomic mass is 9.92. The number of nitrogens with one attached hydrogen (secondary N) is 1. The molecule has 1 fully saturated rings. The van der Waals surface area contributed by atoms with Crippen molar-refractivity contribution in [2.75, 3.05) is 40.4 Å². The lowest BCUT2D eigenvalue weighted by Crippen LogP contribution is -2.39. The number of methoxy groups -OCH3 is 2. The second kappa shape index (κ2) is 10.3. The van der Waals surface area contributed by atoms with Crippen molar-refractivity contribution >= 4 is 28.5 Å². The molecule has 2 rings (SSSR count). The van der Waals surface area contributed by atoms with E-state index >= 15 is 0 Å². The van der Waals surface area contributed by atoms with E-state index in [4.69, 9.17) is 9.47 Å². The number of hydrogen-bond acceptors (Lipinski definition) is 4. The second-order valence-corrected chi connectivity index (χ2v) is 8.52. The first-order valence-electron chi connectivity index (χ1n) is 9.36. The Bertz CT molecular complexity index is 599. The largest absolute Gasteiger partial charge is 0.493 e. The number of ether oxygens (including phenoxy) is 2. The maximum absolute atomic E-state index is 12.5. The van der Waals surface area contributed by atoms with Crippen LogP contribution in [0.25, 0.3) is 0 Å². The van der Waals surface area contributed by atoms with Crippen LogP contribution in [0.3, 0.4) is 0 Å². The van der Waals surface area contributed by atoms with Gasteiger partial charge in [0.25, 0.3) is 5.91 Å². The first-order valence-corrected chi connectivity index (χ1v) is 10.4. The van der Waals surface area contributed by atoms with Crippen LogP contribution in [-0.4, -0.2) is 51.2 Å². The molecule has 146 valence electrons. The number of hydrogen-bond donors (Lipinski definition) is 1. The molecule has 0 spiro atoms. The fraction of sp³-hybridized carbons (Fsp3) is 0.650. The van der Waals surface area contributed by atoms with E-state index in [0.29, 0.717) is 23.6 Å². The summed E-state index contributed by atoms with van der Waals surface area (Å²) in [6.45, 7) is 8.92. The molecule has 1 aliphatic heterocycles. The maximum Gasteiger partial charge on any atom is 0.252 e. The van der Waals surface area contributed by atoms with E-state index in [2.05, 4.69) is 46.7 Å². The van der Waals surface area contributed by atoms with E-state index in [9.17, 15) is 4.79 Å². The standard InChI is InChI=1S/C20H31IN2O3/c1-14-9-15(2)13-23(12-14)8-6-5-7-22-20(24)16-10-18(25-3)19(26-4)11-17(16)21/h10-11,14-15H,5-9,12-13H2,1-4H3,(H,22,24). The smallest absolute Gasteiger partial charge is 0.252 e. The maximum atomic E-state index is 12.5. The summed E-state index contributed by atoms with van der Waals surface area (Å²) in [4.78, 5) is 15.0. The van der Waals surface area contributed by atoms with Crippen LogP contribution in [0, 0.1) is 15.4 Å². The minimum Gasteiger partial charge on any atom is -0.493 e. The lowest BCUT2D eigenvalue weighted by molar-refractivity contribution is 0.0950. The van der Waals surface area contributed by atoms with Crippen LogP contribution in [0.4, 0.5) is 0 Å². The zero-order valence-electron chi connectivity index (χ0n) is 16.3. The number of nitrogens with zero attached hydrogens (tertiary/aromatic N) is 1. The van der Waals surface area contributed by atoms with Crippen molar-refractivity contribution < 1.29 is 14.3 Å². The van der Waals surface area contributed by atoms with Gasteiger partial charge in [-0.25, -0.2) is 0 Å². The molecule has 1 N–H and O–H groups in total. The third-order valence-corrected chi connectivity index (χ3v) is 5.74. The van der Waals surface area contributed by atoms with Crippen molar-refractivity contribution in [2.24, 2.45) is 11.8 Å². The molecule has 0 bridgehead atoms. The number of carbonyl (C=O) groups excluding carboxylic acids is 1. The van der Waals surface area contributed by atoms with Gasteiger partial charge in [-0.15, -0.1) is 0 Å². The van der Waals surface area contributed by atoms with Gasteiger partial charge in [0.15, 0.2) is 11.5 Å². The van der Waals surface area contributed by atoms with Crippen LogP contribution >= 0.6 is 22.6 Å².